The molecular weight excluding hydrogens is 600 g/mol. The van der Waals surface area contributed by atoms with Crippen molar-refractivity contribution in [2.45, 2.75) is 50.8 Å². The molecule has 1 saturated heterocycles. The highest BCUT2D eigenvalue weighted by molar-refractivity contribution is 5.91. The lowest BCUT2D eigenvalue weighted by Gasteiger charge is -2.11. The van der Waals surface area contributed by atoms with Gasteiger partial charge in [0, 0.05) is 11.6 Å². The molecule has 3 aromatic rings. The van der Waals surface area contributed by atoms with Crippen molar-refractivity contribution in [2.24, 2.45) is 0 Å². The van der Waals surface area contributed by atoms with Gasteiger partial charge < -0.3 is 38.6 Å². The maximum atomic E-state index is 12.6. The van der Waals surface area contributed by atoms with E-state index in [4.69, 9.17) is 28.4 Å². The van der Waals surface area contributed by atoms with E-state index in [9.17, 15) is 29.4 Å². The molecule has 1 fully saturated rings. The van der Waals surface area contributed by atoms with Gasteiger partial charge >= 0.3 is 23.9 Å². The third-order valence-electron chi connectivity index (χ3n) is 6.80. The number of benzene rings is 3. The number of hydrogen-bond donors (Lipinski definition) is 2. The first kappa shape index (κ1) is 33.7. The molecule has 242 valence electrons. The Labute approximate surface area is 265 Å². The Hall–Kier alpha value is -5.20. The Morgan fingerprint density at radius 2 is 1.24 bits per heavy atom. The first-order valence-electron chi connectivity index (χ1n) is 14.6. The maximum Gasteiger partial charge on any atom is 0.343 e. The topological polar surface area (TPSA) is 164 Å². The zero-order chi connectivity index (χ0) is 32.9. The fourth-order valence-electron chi connectivity index (χ4n) is 4.35. The lowest BCUT2D eigenvalue weighted by molar-refractivity contribution is -0.156. The average Bonchev–Trinajstić information content (AvgIpc) is 3.53. The molecule has 0 aliphatic carbocycles. The van der Waals surface area contributed by atoms with Crippen LogP contribution in [0.3, 0.4) is 0 Å². The number of carbonyl (C=O) groups excluding carboxylic acids is 2. The predicted octanol–water partition coefficient (Wildman–Crippen LogP) is 5.11. The Morgan fingerprint density at radius 1 is 0.696 bits per heavy atom. The molecule has 3 aromatic carbocycles. The minimum absolute atomic E-state index is 0.211. The lowest BCUT2D eigenvalue weighted by atomic mass is 10.1. The maximum absolute atomic E-state index is 12.6. The van der Waals surface area contributed by atoms with Gasteiger partial charge in [-0.05, 0) is 79.8 Å². The van der Waals surface area contributed by atoms with Crippen LogP contribution in [0.4, 0.5) is 0 Å². The summed E-state index contributed by atoms with van der Waals surface area (Å²) in [6.07, 6.45) is 0.283. The molecule has 1 aliphatic heterocycles. The molecule has 0 radical (unpaired) electrons. The highest BCUT2D eigenvalue weighted by Crippen LogP contribution is 2.32. The Morgan fingerprint density at radius 3 is 1.83 bits per heavy atom. The summed E-state index contributed by atoms with van der Waals surface area (Å²) in [6.45, 7) is 4.69. The molecule has 0 aromatic heterocycles. The van der Waals surface area contributed by atoms with E-state index >= 15 is 0 Å². The van der Waals surface area contributed by atoms with Crippen LogP contribution in [-0.4, -0.2) is 59.5 Å². The van der Waals surface area contributed by atoms with E-state index in [0.717, 1.165) is 43.1 Å². The fraction of sp³-hybridized carbons (Fsp3) is 0.294. The summed E-state index contributed by atoms with van der Waals surface area (Å²) in [4.78, 5) is 46.2. The summed E-state index contributed by atoms with van der Waals surface area (Å²) < 4.78 is 32.5. The quantitative estimate of drug-likeness (QED) is 0.0875. The SMILES string of the molecule is C=CC(=O)OCCCCCCOc1ccc(COc2ccc(OC(=O)c3ccc(C4OC(C(=O)O)C(C(=O)O)O4)cc3)cc2)cc1. The van der Waals surface area contributed by atoms with E-state index in [1.807, 2.05) is 24.3 Å². The summed E-state index contributed by atoms with van der Waals surface area (Å²) >= 11 is 0. The molecule has 12 nitrogen and oxygen atoms in total. The minimum Gasteiger partial charge on any atom is -0.494 e. The second-order valence-corrected chi connectivity index (χ2v) is 10.2. The standard InChI is InChI=1S/C34H34O12/c1-2-28(35)42-20-6-4-3-5-19-41-25-13-7-22(8-14-25)21-43-26-15-17-27(18-16-26)44-33(40)23-9-11-24(12-10-23)34-45-29(31(36)37)30(46-34)32(38)39/h2,7-18,29-30,34H,1,3-6,19-21H2,(H,36,37)(H,38,39). The van der Waals surface area contributed by atoms with Crippen molar-refractivity contribution in [1.29, 1.82) is 0 Å². The molecule has 2 unspecified atom stereocenters. The molecule has 12 heteroatoms. The van der Waals surface area contributed by atoms with Crippen LogP contribution in [0.2, 0.25) is 0 Å². The summed E-state index contributed by atoms with van der Waals surface area (Å²) in [5, 5.41) is 18.4. The summed E-state index contributed by atoms with van der Waals surface area (Å²) in [6, 6.07) is 20.0. The number of esters is 2. The van der Waals surface area contributed by atoms with Gasteiger partial charge in [0.2, 0.25) is 0 Å². The van der Waals surface area contributed by atoms with Gasteiger partial charge in [0.15, 0.2) is 18.5 Å². The zero-order valence-electron chi connectivity index (χ0n) is 24.9. The first-order chi connectivity index (χ1) is 22.2. The number of hydrogen-bond acceptors (Lipinski definition) is 10. The fourth-order valence-corrected chi connectivity index (χ4v) is 4.35. The predicted molar refractivity (Wildman–Crippen MR) is 161 cm³/mol. The Bertz CT molecular complexity index is 1460. The van der Waals surface area contributed by atoms with Crippen LogP contribution in [0.15, 0.2) is 85.5 Å². The molecule has 1 aliphatic rings. The van der Waals surface area contributed by atoms with Gasteiger partial charge in [-0.15, -0.1) is 0 Å². The number of aliphatic carboxylic acids is 2. The number of carboxylic acids is 2. The summed E-state index contributed by atoms with van der Waals surface area (Å²) in [5.74, 6) is -2.28. The number of unbranched alkanes of at least 4 members (excludes halogenated alkanes) is 3. The van der Waals surface area contributed by atoms with Gasteiger partial charge in [-0.3, -0.25) is 0 Å². The van der Waals surface area contributed by atoms with Gasteiger partial charge in [0.05, 0.1) is 18.8 Å². The van der Waals surface area contributed by atoms with E-state index in [1.165, 1.54) is 24.3 Å². The van der Waals surface area contributed by atoms with Gasteiger partial charge in [-0.2, -0.15) is 0 Å². The van der Waals surface area contributed by atoms with E-state index in [0.29, 0.717) is 36.9 Å². The molecule has 0 spiro atoms. The average molecular weight is 635 g/mol. The number of carbonyl (C=O) groups is 4. The van der Waals surface area contributed by atoms with Crippen LogP contribution in [0.1, 0.15) is 53.5 Å². The van der Waals surface area contributed by atoms with E-state index in [-0.39, 0.29) is 5.56 Å². The molecule has 0 bridgehead atoms. The van der Waals surface area contributed by atoms with Crippen molar-refractivity contribution in [1.82, 2.24) is 0 Å². The van der Waals surface area contributed by atoms with Crippen LogP contribution in [0.25, 0.3) is 0 Å². The van der Waals surface area contributed by atoms with Gasteiger partial charge in [0.1, 0.15) is 23.9 Å². The largest absolute Gasteiger partial charge is 0.494 e. The molecule has 46 heavy (non-hydrogen) atoms. The van der Waals surface area contributed by atoms with Crippen LogP contribution in [0, 0.1) is 0 Å². The van der Waals surface area contributed by atoms with Crippen molar-refractivity contribution >= 4 is 23.9 Å². The van der Waals surface area contributed by atoms with Crippen LogP contribution in [-0.2, 0) is 35.2 Å². The van der Waals surface area contributed by atoms with Crippen LogP contribution >= 0.6 is 0 Å². The van der Waals surface area contributed by atoms with Gasteiger partial charge in [-0.25, -0.2) is 19.2 Å². The Balaban J connectivity index is 1.16. The van der Waals surface area contributed by atoms with Crippen molar-refractivity contribution in [3.05, 3.63) is 102 Å². The normalized spacial score (nSPS) is 17.1. The van der Waals surface area contributed by atoms with E-state index < -0.39 is 42.4 Å². The molecule has 0 amide bonds. The van der Waals surface area contributed by atoms with Crippen molar-refractivity contribution in [2.75, 3.05) is 13.2 Å². The van der Waals surface area contributed by atoms with Crippen molar-refractivity contribution in [3.63, 3.8) is 0 Å². The van der Waals surface area contributed by atoms with Crippen LogP contribution in [0.5, 0.6) is 17.2 Å². The molecule has 2 atom stereocenters. The number of rotatable bonds is 17. The molecule has 2 N–H and O–H groups in total. The summed E-state index contributed by atoms with van der Waals surface area (Å²) in [7, 11) is 0. The smallest absolute Gasteiger partial charge is 0.343 e. The minimum atomic E-state index is -1.65. The van der Waals surface area contributed by atoms with Crippen LogP contribution < -0.4 is 14.2 Å². The molecule has 0 saturated carbocycles. The second-order valence-electron chi connectivity index (χ2n) is 10.2. The Kier molecular flexibility index (Phi) is 12.3. The van der Waals surface area contributed by atoms with E-state index in [1.54, 1.807) is 24.3 Å². The van der Waals surface area contributed by atoms with Crippen molar-refractivity contribution < 1.29 is 57.8 Å². The number of ether oxygens (including phenoxy) is 6. The van der Waals surface area contributed by atoms with Gasteiger partial charge in [-0.1, -0.05) is 30.8 Å². The highest BCUT2D eigenvalue weighted by atomic mass is 16.7. The third kappa shape index (κ3) is 9.91. The molecule has 4 rings (SSSR count). The molecular formula is C34H34O12. The first-order valence-corrected chi connectivity index (χ1v) is 14.6. The van der Waals surface area contributed by atoms with Gasteiger partial charge in [0.25, 0.3) is 0 Å². The lowest BCUT2D eigenvalue weighted by Crippen LogP contribution is -2.36. The second kappa shape index (κ2) is 16.8. The van der Waals surface area contributed by atoms with Crippen molar-refractivity contribution in [3.8, 4) is 17.2 Å². The number of carboxylic acid groups (broad SMARTS) is 2. The van der Waals surface area contributed by atoms with E-state index in [2.05, 4.69) is 6.58 Å². The summed E-state index contributed by atoms with van der Waals surface area (Å²) in [5.41, 5.74) is 1.51. The monoisotopic (exact) mass is 634 g/mol. The third-order valence-corrected chi connectivity index (χ3v) is 6.80. The highest BCUT2D eigenvalue weighted by Gasteiger charge is 2.46. The zero-order valence-corrected chi connectivity index (χ0v) is 24.9. The molecule has 1 heterocycles.